The molecule has 0 aliphatic carbocycles. The number of para-hydroxylation sites is 1. The van der Waals surface area contributed by atoms with Gasteiger partial charge in [0.05, 0.1) is 0 Å². The second-order valence-electron chi connectivity index (χ2n) is 4.26. The van der Waals surface area contributed by atoms with E-state index in [1.807, 2.05) is 12.1 Å². The molecule has 1 aromatic rings. The minimum Gasteiger partial charge on any atom is -0.489 e. The normalized spacial score (nSPS) is 11.1. The van der Waals surface area contributed by atoms with Crippen LogP contribution in [0.2, 0.25) is 0 Å². The molecular weight excluding hydrogens is 172 g/mol. The van der Waals surface area contributed by atoms with E-state index >= 15 is 0 Å². The average molecular weight is 189 g/mol. The zero-order chi connectivity index (χ0) is 10.6. The van der Waals surface area contributed by atoms with Crippen LogP contribution in [0.4, 0.5) is 0 Å². The van der Waals surface area contributed by atoms with Gasteiger partial charge in [0.25, 0.3) is 0 Å². The van der Waals surface area contributed by atoms with Crippen molar-refractivity contribution in [3.05, 3.63) is 42.5 Å². The molecule has 0 aromatic heterocycles. The van der Waals surface area contributed by atoms with Crippen LogP contribution in [0, 0.1) is 6.07 Å². The van der Waals surface area contributed by atoms with E-state index in [4.69, 9.17) is 4.74 Å². The van der Waals surface area contributed by atoms with Gasteiger partial charge in [-0.3, -0.25) is 0 Å². The van der Waals surface area contributed by atoms with Crippen molar-refractivity contribution in [3.63, 3.8) is 0 Å². The van der Waals surface area contributed by atoms with Gasteiger partial charge in [-0.15, -0.1) is 0 Å². The second-order valence-corrected chi connectivity index (χ2v) is 4.26. The number of hydrogen-bond acceptors (Lipinski definition) is 1. The van der Waals surface area contributed by atoms with Crippen LogP contribution in [0.1, 0.15) is 26.3 Å². The summed E-state index contributed by atoms with van der Waals surface area (Å²) in [6, 6.07) is 9.04. The zero-order valence-corrected chi connectivity index (χ0v) is 9.13. The Labute approximate surface area is 86.4 Å². The molecule has 1 nitrogen and oxygen atoms in total. The Morgan fingerprint density at radius 3 is 2.79 bits per heavy atom. The van der Waals surface area contributed by atoms with Gasteiger partial charge in [-0.2, -0.15) is 0 Å². The molecule has 0 fully saturated rings. The zero-order valence-electron chi connectivity index (χ0n) is 9.13. The van der Waals surface area contributed by atoms with Crippen molar-refractivity contribution in [2.45, 2.75) is 26.2 Å². The molecule has 0 saturated carbocycles. The monoisotopic (exact) mass is 189 g/mol. The molecular formula is C13H17O. The van der Waals surface area contributed by atoms with E-state index in [0.29, 0.717) is 6.61 Å². The molecule has 0 bridgehead atoms. The van der Waals surface area contributed by atoms with Crippen molar-refractivity contribution in [1.82, 2.24) is 0 Å². The minimum absolute atomic E-state index is 0.0915. The smallest absolute Gasteiger partial charge is 0.131 e. The summed E-state index contributed by atoms with van der Waals surface area (Å²) in [6.45, 7) is 10.7. The standard InChI is InChI=1S/C13H17O/c1-5-10-14-12-9-7-6-8-11(12)13(2,3)4/h5-8H,1,10H2,2-4H3. The first-order valence-corrected chi connectivity index (χ1v) is 4.80. The average Bonchev–Trinajstić information content (AvgIpc) is 2.14. The molecule has 0 aliphatic rings. The molecule has 14 heavy (non-hydrogen) atoms. The fourth-order valence-corrected chi connectivity index (χ4v) is 1.27. The van der Waals surface area contributed by atoms with Crippen molar-refractivity contribution in [1.29, 1.82) is 0 Å². The van der Waals surface area contributed by atoms with Gasteiger partial charge in [0.1, 0.15) is 12.4 Å². The summed E-state index contributed by atoms with van der Waals surface area (Å²) in [7, 11) is 0. The molecule has 1 heteroatoms. The van der Waals surface area contributed by atoms with Crippen molar-refractivity contribution in [2.75, 3.05) is 6.61 Å². The third-order valence-corrected chi connectivity index (χ3v) is 1.97. The molecule has 0 spiro atoms. The quantitative estimate of drug-likeness (QED) is 0.662. The van der Waals surface area contributed by atoms with Gasteiger partial charge in [0, 0.05) is 11.6 Å². The van der Waals surface area contributed by atoms with E-state index in [2.05, 4.69) is 39.5 Å². The van der Waals surface area contributed by atoms with Crippen molar-refractivity contribution < 1.29 is 4.74 Å². The highest BCUT2D eigenvalue weighted by molar-refractivity contribution is 5.37. The lowest BCUT2D eigenvalue weighted by molar-refractivity contribution is 0.350. The maximum absolute atomic E-state index is 5.54. The SMILES string of the molecule is C=CCOc1[c]cccc1C(C)(C)C. The van der Waals surface area contributed by atoms with Gasteiger partial charge in [-0.05, 0) is 5.41 Å². The Morgan fingerprint density at radius 1 is 1.50 bits per heavy atom. The maximum atomic E-state index is 5.54. The van der Waals surface area contributed by atoms with E-state index in [0.717, 1.165) is 5.75 Å². The van der Waals surface area contributed by atoms with Crippen LogP contribution < -0.4 is 4.74 Å². The second kappa shape index (κ2) is 4.32. The van der Waals surface area contributed by atoms with Crippen LogP contribution in [0.25, 0.3) is 0 Å². The fourth-order valence-electron chi connectivity index (χ4n) is 1.27. The third-order valence-electron chi connectivity index (χ3n) is 1.97. The number of ether oxygens (including phenoxy) is 1. The van der Waals surface area contributed by atoms with Crippen LogP contribution in [-0.4, -0.2) is 6.61 Å². The fraction of sp³-hybridized carbons (Fsp3) is 0.385. The molecule has 0 atom stereocenters. The highest BCUT2D eigenvalue weighted by Crippen LogP contribution is 2.30. The molecule has 1 rings (SSSR count). The summed E-state index contributed by atoms with van der Waals surface area (Å²) >= 11 is 0. The van der Waals surface area contributed by atoms with E-state index in [1.54, 1.807) is 6.08 Å². The summed E-state index contributed by atoms with van der Waals surface area (Å²) in [6.07, 6.45) is 1.74. The summed E-state index contributed by atoms with van der Waals surface area (Å²) in [5, 5.41) is 0. The Balaban J connectivity index is 2.97. The highest BCUT2D eigenvalue weighted by Gasteiger charge is 2.18. The van der Waals surface area contributed by atoms with Crippen molar-refractivity contribution >= 4 is 0 Å². The van der Waals surface area contributed by atoms with Crippen molar-refractivity contribution in [2.24, 2.45) is 0 Å². The molecule has 0 amide bonds. The first kappa shape index (κ1) is 10.8. The van der Waals surface area contributed by atoms with Crippen LogP contribution in [0.3, 0.4) is 0 Å². The number of rotatable bonds is 3. The van der Waals surface area contributed by atoms with Crippen LogP contribution in [-0.2, 0) is 5.41 Å². The predicted octanol–water partition coefficient (Wildman–Crippen LogP) is 3.35. The van der Waals surface area contributed by atoms with Gasteiger partial charge in [-0.1, -0.05) is 51.6 Å². The van der Waals surface area contributed by atoms with Crippen molar-refractivity contribution in [3.8, 4) is 5.75 Å². The first-order valence-electron chi connectivity index (χ1n) is 4.80. The lowest BCUT2D eigenvalue weighted by Crippen LogP contribution is -2.13. The van der Waals surface area contributed by atoms with Gasteiger partial charge in [0.15, 0.2) is 0 Å². The van der Waals surface area contributed by atoms with Gasteiger partial charge in [0.2, 0.25) is 0 Å². The van der Waals surface area contributed by atoms with Gasteiger partial charge >= 0.3 is 0 Å². The van der Waals surface area contributed by atoms with Gasteiger partial charge < -0.3 is 4.74 Å². The lowest BCUT2D eigenvalue weighted by atomic mass is 9.86. The van der Waals surface area contributed by atoms with E-state index in [-0.39, 0.29) is 5.41 Å². The molecule has 1 radical (unpaired) electrons. The molecule has 0 unspecified atom stereocenters. The van der Waals surface area contributed by atoms with Crippen LogP contribution >= 0.6 is 0 Å². The van der Waals surface area contributed by atoms with Crippen LogP contribution in [0.5, 0.6) is 5.75 Å². The molecule has 0 aliphatic heterocycles. The highest BCUT2D eigenvalue weighted by atomic mass is 16.5. The number of benzene rings is 1. The molecule has 0 heterocycles. The Morgan fingerprint density at radius 2 is 2.21 bits per heavy atom. The van der Waals surface area contributed by atoms with E-state index in [1.165, 1.54) is 5.56 Å². The topological polar surface area (TPSA) is 9.23 Å². The van der Waals surface area contributed by atoms with Crippen LogP contribution in [0.15, 0.2) is 30.9 Å². The van der Waals surface area contributed by atoms with Gasteiger partial charge in [-0.25, -0.2) is 0 Å². The minimum atomic E-state index is 0.0915. The summed E-state index contributed by atoms with van der Waals surface area (Å²) < 4.78 is 5.54. The largest absolute Gasteiger partial charge is 0.489 e. The molecule has 75 valence electrons. The Bertz CT molecular complexity index is 307. The Kier molecular flexibility index (Phi) is 3.34. The van der Waals surface area contributed by atoms with E-state index in [9.17, 15) is 0 Å². The predicted molar refractivity (Wildman–Crippen MR) is 59.7 cm³/mol. The maximum Gasteiger partial charge on any atom is 0.131 e. The lowest BCUT2D eigenvalue weighted by Gasteiger charge is -2.22. The third kappa shape index (κ3) is 2.63. The molecule has 0 saturated heterocycles. The number of hydrogen-bond donors (Lipinski definition) is 0. The summed E-state index contributed by atoms with van der Waals surface area (Å²) in [5.74, 6) is 0.833. The summed E-state index contributed by atoms with van der Waals surface area (Å²) in [5.41, 5.74) is 1.27. The molecule has 1 aromatic carbocycles. The Hall–Kier alpha value is -1.24. The molecule has 0 N–H and O–H groups in total. The first-order chi connectivity index (χ1) is 6.55. The van der Waals surface area contributed by atoms with E-state index < -0.39 is 0 Å². The summed E-state index contributed by atoms with van der Waals surface area (Å²) in [4.78, 5) is 0.